The van der Waals surface area contributed by atoms with E-state index in [4.69, 9.17) is 5.11 Å². The number of benzene rings is 3. The number of carboxylic acid groups (broad SMARTS) is 1. The molecule has 0 radical (unpaired) electrons. The van der Waals surface area contributed by atoms with Gasteiger partial charge in [0.2, 0.25) is 0 Å². The quantitative estimate of drug-likeness (QED) is 0.241. The van der Waals surface area contributed by atoms with E-state index in [0.717, 1.165) is 63.6 Å². The molecule has 7 heteroatoms. The summed E-state index contributed by atoms with van der Waals surface area (Å²) in [4.78, 5) is 33.1. The van der Waals surface area contributed by atoms with Crippen molar-refractivity contribution in [3.63, 3.8) is 0 Å². The Balaban J connectivity index is 1.18. The van der Waals surface area contributed by atoms with E-state index < -0.39 is 5.97 Å². The third-order valence-electron chi connectivity index (χ3n) is 7.56. The van der Waals surface area contributed by atoms with Gasteiger partial charge in [-0.15, -0.1) is 11.3 Å². The van der Waals surface area contributed by atoms with Gasteiger partial charge in [0.1, 0.15) is 6.33 Å². The van der Waals surface area contributed by atoms with E-state index in [2.05, 4.69) is 20.7 Å². The fourth-order valence-electron chi connectivity index (χ4n) is 5.53. The van der Waals surface area contributed by atoms with E-state index in [-0.39, 0.29) is 18.2 Å². The van der Waals surface area contributed by atoms with Crippen LogP contribution in [0.25, 0.3) is 32.2 Å². The number of aliphatic carboxylic acids is 1. The van der Waals surface area contributed by atoms with Gasteiger partial charge in [-0.1, -0.05) is 42.5 Å². The lowest BCUT2D eigenvalue weighted by atomic mass is 9.78. The van der Waals surface area contributed by atoms with Gasteiger partial charge in [0.25, 0.3) is 5.91 Å². The summed E-state index contributed by atoms with van der Waals surface area (Å²) in [5, 5.41) is 16.4. The minimum Gasteiger partial charge on any atom is -0.481 e. The number of amides is 1. The van der Waals surface area contributed by atoms with Crippen LogP contribution in [0.2, 0.25) is 0 Å². The third kappa shape index (κ3) is 4.89. The second kappa shape index (κ2) is 10.3. The molecule has 3 aromatic carbocycles. The fraction of sp³-hybridized carbons (Fsp3) is 0.226. The van der Waals surface area contributed by atoms with Crippen LogP contribution in [0.15, 0.2) is 78.4 Å². The van der Waals surface area contributed by atoms with E-state index in [1.54, 1.807) is 17.7 Å². The summed E-state index contributed by atoms with van der Waals surface area (Å²) >= 11 is 1.66. The van der Waals surface area contributed by atoms with Gasteiger partial charge in [0.05, 0.1) is 15.9 Å². The third-order valence-corrected chi connectivity index (χ3v) is 8.55. The average molecular weight is 522 g/mol. The molecule has 6 nitrogen and oxygen atoms in total. The number of fused-ring (bicyclic) bond motifs is 2. The Hall–Kier alpha value is -4.10. The molecule has 1 amide bonds. The Morgan fingerprint density at radius 3 is 2.45 bits per heavy atom. The number of nitrogens with one attached hydrogen (secondary N) is 1. The normalized spacial score (nSPS) is 17.5. The number of anilines is 1. The van der Waals surface area contributed by atoms with Gasteiger partial charge >= 0.3 is 5.97 Å². The number of carboxylic acids is 1. The number of hydrogen-bond donors (Lipinski definition) is 2. The Kier molecular flexibility index (Phi) is 6.60. The maximum atomic E-state index is 12.9. The lowest BCUT2D eigenvalue weighted by molar-refractivity contribution is -0.138. The molecule has 2 heterocycles. The number of carbonyl (C=O) groups excluding carboxylic acids is 1. The molecule has 38 heavy (non-hydrogen) atoms. The standard InChI is InChI=1S/C31H27N3O3S/c35-27(36)15-19-5-7-21(8-6-19)26-17-38-30-28(32-18-33-29(26)30)22-11-13-25(14-12-22)34-31(37)24-10-9-20-3-1-2-4-23(20)16-24/h1-4,9-14,16-19,21H,5-8,15H2,(H,34,37)(H,35,36). The summed E-state index contributed by atoms with van der Waals surface area (Å²) in [5.41, 5.74) is 5.45. The number of rotatable bonds is 6. The molecule has 5 aromatic rings. The molecular weight excluding hydrogens is 494 g/mol. The average Bonchev–Trinajstić information content (AvgIpc) is 3.38. The molecule has 0 saturated heterocycles. The minimum absolute atomic E-state index is 0.145. The van der Waals surface area contributed by atoms with Gasteiger partial charge in [-0.2, -0.15) is 0 Å². The molecule has 2 aromatic heterocycles. The number of aromatic nitrogens is 2. The van der Waals surface area contributed by atoms with Crippen molar-refractivity contribution in [3.8, 4) is 11.3 Å². The Morgan fingerprint density at radius 1 is 0.921 bits per heavy atom. The molecule has 0 aliphatic heterocycles. The summed E-state index contributed by atoms with van der Waals surface area (Å²) in [6.45, 7) is 0. The molecule has 6 rings (SSSR count). The van der Waals surface area contributed by atoms with Gasteiger partial charge in [0, 0.05) is 23.2 Å². The molecule has 0 spiro atoms. The number of nitrogens with zero attached hydrogens (tertiary/aromatic N) is 2. The van der Waals surface area contributed by atoms with Gasteiger partial charge in [-0.05, 0) is 83.5 Å². The smallest absolute Gasteiger partial charge is 0.303 e. The fourth-order valence-corrected chi connectivity index (χ4v) is 6.65. The van der Waals surface area contributed by atoms with Crippen molar-refractivity contribution in [2.75, 3.05) is 5.32 Å². The second-order valence-corrected chi connectivity index (χ2v) is 10.9. The van der Waals surface area contributed by atoms with Crippen LogP contribution in [0.3, 0.4) is 0 Å². The zero-order valence-electron chi connectivity index (χ0n) is 20.8. The van der Waals surface area contributed by atoms with Crippen LogP contribution < -0.4 is 5.32 Å². The number of carbonyl (C=O) groups is 2. The Labute approximate surface area is 224 Å². The van der Waals surface area contributed by atoms with Gasteiger partial charge in [-0.25, -0.2) is 9.97 Å². The molecule has 1 aliphatic rings. The molecule has 2 N–H and O–H groups in total. The van der Waals surface area contributed by atoms with Gasteiger partial charge in [-0.3, -0.25) is 9.59 Å². The SMILES string of the molecule is O=C(O)CC1CCC(c2csc3c(-c4ccc(NC(=O)c5ccc6ccccc6c5)cc4)ncnc23)CC1. The molecule has 1 fully saturated rings. The number of hydrogen-bond acceptors (Lipinski definition) is 5. The van der Waals surface area contributed by atoms with Crippen molar-refractivity contribution < 1.29 is 14.7 Å². The first-order valence-electron chi connectivity index (χ1n) is 12.9. The van der Waals surface area contributed by atoms with Crippen molar-refractivity contribution in [1.29, 1.82) is 0 Å². The summed E-state index contributed by atoms with van der Waals surface area (Å²) in [6, 6.07) is 21.5. The predicted molar refractivity (Wildman–Crippen MR) is 152 cm³/mol. The van der Waals surface area contributed by atoms with E-state index in [1.807, 2.05) is 66.7 Å². The van der Waals surface area contributed by atoms with Crippen LogP contribution in [-0.4, -0.2) is 27.0 Å². The zero-order valence-corrected chi connectivity index (χ0v) is 21.6. The molecule has 0 unspecified atom stereocenters. The highest BCUT2D eigenvalue weighted by atomic mass is 32.1. The van der Waals surface area contributed by atoms with Crippen molar-refractivity contribution >= 4 is 49.9 Å². The van der Waals surface area contributed by atoms with Crippen molar-refractivity contribution in [2.24, 2.45) is 5.92 Å². The molecule has 1 saturated carbocycles. The summed E-state index contributed by atoms with van der Waals surface area (Å²) in [6.07, 6.45) is 5.77. The first-order valence-corrected chi connectivity index (χ1v) is 13.8. The van der Waals surface area contributed by atoms with E-state index in [0.29, 0.717) is 11.5 Å². The van der Waals surface area contributed by atoms with E-state index in [9.17, 15) is 9.59 Å². The summed E-state index contributed by atoms with van der Waals surface area (Å²) in [5.74, 6) is -0.164. The molecule has 0 atom stereocenters. The largest absolute Gasteiger partial charge is 0.481 e. The van der Waals surface area contributed by atoms with Crippen LogP contribution in [0.1, 0.15) is 53.9 Å². The van der Waals surface area contributed by atoms with E-state index in [1.165, 1.54) is 5.56 Å². The van der Waals surface area contributed by atoms with Gasteiger partial charge < -0.3 is 10.4 Å². The molecule has 0 bridgehead atoms. The van der Waals surface area contributed by atoms with E-state index >= 15 is 0 Å². The second-order valence-electron chi connectivity index (χ2n) is 10.00. The summed E-state index contributed by atoms with van der Waals surface area (Å²) < 4.78 is 1.06. The van der Waals surface area contributed by atoms with Crippen LogP contribution >= 0.6 is 11.3 Å². The first kappa shape index (κ1) is 24.2. The number of thiophene rings is 1. The maximum absolute atomic E-state index is 12.9. The minimum atomic E-state index is -0.703. The first-order chi connectivity index (χ1) is 18.5. The zero-order chi connectivity index (χ0) is 26.1. The maximum Gasteiger partial charge on any atom is 0.303 e. The highest BCUT2D eigenvalue weighted by Gasteiger charge is 2.26. The van der Waals surface area contributed by atoms with Crippen LogP contribution in [0.4, 0.5) is 5.69 Å². The van der Waals surface area contributed by atoms with Crippen LogP contribution in [0, 0.1) is 5.92 Å². The van der Waals surface area contributed by atoms with Crippen molar-refractivity contribution in [1.82, 2.24) is 9.97 Å². The van der Waals surface area contributed by atoms with Crippen LogP contribution in [0.5, 0.6) is 0 Å². The van der Waals surface area contributed by atoms with Crippen LogP contribution in [-0.2, 0) is 4.79 Å². The highest BCUT2D eigenvalue weighted by molar-refractivity contribution is 7.17. The van der Waals surface area contributed by atoms with Crippen molar-refractivity contribution in [3.05, 3.63) is 89.6 Å². The molecule has 1 aliphatic carbocycles. The molecular formula is C31H27N3O3S. The summed E-state index contributed by atoms with van der Waals surface area (Å²) in [7, 11) is 0. The monoisotopic (exact) mass is 521 g/mol. The predicted octanol–water partition coefficient (Wildman–Crippen LogP) is 7.51. The highest BCUT2D eigenvalue weighted by Crippen LogP contribution is 2.42. The lowest BCUT2D eigenvalue weighted by Crippen LogP contribution is -2.16. The van der Waals surface area contributed by atoms with Crippen molar-refractivity contribution in [2.45, 2.75) is 38.0 Å². The lowest BCUT2D eigenvalue weighted by Gasteiger charge is -2.27. The Bertz CT molecular complexity index is 1640. The Morgan fingerprint density at radius 2 is 1.68 bits per heavy atom. The van der Waals surface area contributed by atoms with Gasteiger partial charge in [0.15, 0.2) is 0 Å². The molecule has 190 valence electrons. The topological polar surface area (TPSA) is 92.2 Å².